The van der Waals surface area contributed by atoms with Gasteiger partial charge in [0, 0.05) is 50.9 Å². The lowest BCUT2D eigenvalue weighted by atomic mass is 10.1. The number of hydrogen-bond acceptors (Lipinski definition) is 6. The lowest BCUT2D eigenvalue weighted by Gasteiger charge is -2.26. The Kier molecular flexibility index (Phi) is 6.86. The highest BCUT2D eigenvalue weighted by Crippen LogP contribution is 2.26. The molecule has 1 aliphatic rings. The van der Waals surface area contributed by atoms with E-state index in [1.165, 1.54) is 5.69 Å². The number of furan rings is 1. The van der Waals surface area contributed by atoms with Gasteiger partial charge in [-0.2, -0.15) is 0 Å². The lowest BCUT2D eigenvalue weighted by molar-refractivity contribution is 0.246. The molecule has 0 spiro atoms. The molecule has 0 radical (unpaired) electrons. The Morgan fingerprint density at radius 3 is 2.50 bits per heavy atom. The number of rotatable bonds is 8. The summed E-state index contributed by atoms with van der Waals surface area (Å²) in [6.45, 7) is 2.68. The standard InChI is InChI=1S/C25H30N2O4S/c1-26(2)22-8-4-20(5-9-22)6-10-24-18-21-7-11-23(19-25(21)31-24)30-15-3-12-27-13-16-32(28,29)17-14-27/h4-11,18-19H,3,12-17H2,1-2H3. The summed E-state index contributed by atoms with van der Waals surface area (Å²) in [4.78, 5) is 4.26. The summed E-state index contributed by atoms with van der Waals surface area (Å²) in [6, 6.07) is 16.3. The second kappa shape index (κ2) is 9.79. The molecule has 2 aromatic carbocycles. The fourth-order valence-electron chi connectivity index (χ4n) is 3.72. The van der Waals surface area contributed by atoms with Crippen LogP contribution in [-0.4, -0.2) is 65.2 Å². The summed E-state index contributed by atoms with van der Waals surface area (Å²) in [5.41, 5.74) is 3.08. The van der Waals surface area contributed by atoms with Crippen molar-refractivity contribution in [3.63, 3.8) is 0 Å². The SMILES string of the molecule is CN(C)c1ccc(C=Cc2cc3ccc(OCCCN4CCS(=O)(=O)CC4)cc3o2)cc1. The van der Waals surface area contributed by atoms with Crippen LogP contribution >= 0.6 is 0 Å². The molecule has 7 heteroatoms. The highest BCUT2D eigenvalue weighted by atomic mass is 32.2. The third-order valence-corrected chi connectivity index (χ3v) is 7.29. The molecule has 6 nitrogen and oxygen atoms in total. The Morgan fingerprint density at radius 1 is 1.03 bits per heavy atom. The first-order chi connectivity index (χ1) is 15.4. The number of benzene rings is 2. The summed E-state index contributed by atoms with van der Waals surface area (Å²) in [5.74, 6) is 2.11. The van der Waals surface area contributed by atoms with Gasteiger partial charge in [-0.05, 0) is 48.4 Å². The molecule has 0 bridgehead atoms. The summed E-state index contributed by atoms with van der Waals surface area (Å²) < 4.78 is 34.9. The minimum Gasteiger partial charge on any atom is -0.493 e. The van der Waals surface area contributed by atoms with Crippen molar-refractivity contribution in [3.8, 4) is 5.75 Å². The second-order valence-electron chi connectivity index (χ2n) is 8.36. The average molecular weight is 455 g/mol. The zero-order chi connectivity index (χ0) is 22.6. The van der Waals surface area contributed by atoms with E-state index in [0.29, 0.717) is 19.7 Å². The fraction of sp³-hybridized carbons (Fsp3) is 0.360. The van der Waals surface area contributed by atoms with Crippen molar-refractivity contribution in [2.45, 2.75) is 6.42 Å². The number of fused-ring (bicyclic) bond motifs is 1. The largest absolute Gasteiger partial charge is 0.493 e. The van der Waals surface area contributed by atoms with Crippen molar-refractivity contribution in [3.05, 3.63) is 59.9 Å². The molecule has 3 aromatic rings. The molecule has 0 aliphatic carbocycles. The molecule has 1 fully saturated rings. The van der Waals surface area contributed by atoms with E-state index in [-0.39, 0.29) is 11.5 Å². The Hall–Kier alpha value is -2.77. The summed E-state index contributed by atoms with van der Waals surface area (Å²) in [6.07, 6.45) is 4.88. The Balaban J connectivity index is 1.29. The monoisotopic (exact) mass is 454 g/mol. The highest BCUT2D eigenvalue weighted by molar-refractivity contribution is 7.91. The van der Waals surface area contributed by atoms with Crippen LogP contribution in [-0.2, 0) is 9.84 Å². The van der Waals surface area contributed by atoms with Gasteiger partial charge < -0.3 is 19.0 Å². The van der Waals surface area contributed by atoms with Crippen molar-refractivity contribution >= 4 is 38.6 Å². The van der Waals surface area contributed by atoms with Gasteiger partial charge in [-0.1, -0.05) is 18.2 Å². The van der Waals surface area contributed by atoms with Crippen LogP contribution in [0.1, 0.15) is 17.7 Å². The maximum Gasteiger partial charge on any atom is 0.152 e. The molecule has 170 valence electrons. The molecule has 1 saturated heterocycles. The van der Waals surface area contributed by atoms with Crippen LogP contribution in [0.15, 0.2) is 52.9 Å². The zero-order valence-electron chi connectivity index (χ0n) is 18.7. The van der Waals surface area contributed by atoms with E-state index in [1.54, 1.807) is 0 Å². The average Bonchev–Trinajstić information content (AvgIpc) is 3.19. The first-order valence-electron chi connectivity index (χ1n) is 10.9. The first kappa shape index (κ1) is 22.4. The molecular formula is C25H30N2O4S. The molecular weight excluding hydrogens is 424 g/mol. The molecule has 1 aromatic heterocycles. The smallest absolute Gasteiger partial charge is 0.152 e. The van der Waals surface area contributed by atoms with Gasteiger partial charge in [0.15, 0.2) is 9.84 Å². The van der Waals surface area contributed by atoms with Crippen LogP contribution in [0.25, 0.3) is 23.1 Å². The van der Waals surface area contributed by atoms with Gasteiger partial charge in [-0.25, -0.2) is 8.42 Å². The zero-order valence-corrected chi connectivity index (χ0v) is 19.5. The van der Waals surface area contributed by atoms with Crippen molar-refractivity contribution in [2.24, 2.45) is 0 Å². The van der Waals surface area contributed by atoms with Crippen LogP contribution in [0.4, 0.5) is 5.69 Å². The van der Waals surface area contributed by atoms with E-state index in [0.717, 1.165) is 41.0 Å². The van der Waals surface area contributed by atoms with E-state index in [4.69, 9.17) is 9.15 Å². The van der Waals surface area contributed by atoms with Gasteiger partial charge in [0.25, 0.3) is 0 Å². The second-order valence-corrected chi connectivity index (χ2v) is 10.7. The number of hydrogen-bond donors (Lipinski definition) is 0. The molecule has 0 N–H and O–H groups in total. The predicted octanol–water partition coefficient (Wildman–Crippen LogP) is 4.17. The van der Waals surface area contributed by atoms with Gasteiger partial charge >= 0.3 is 0 Å². The van der Waals surface area contributed by atoms with Crippen molar-refractivity contribution in [1.82, 2.24) is 4.90 Å². The van der Waals surface area contributed by atoms with Gasteiger partial charge in [-0.3, -0.25) is 0 Å². The molecule has 32 heavy (non-hydrogen) atoms. The van der Waals surface area contributed by atoms with Gasteiger partial charge in [0.05, 0.1) is 18.1 Å². The molecule has 2 heterocycles. The first-order valence-corrected chi connectivity index (χ1v) is 12.7. The van der Waals surface area contributed by atoms with Crippen LogP contribution < -0.4 is 9.64 Å². The fourth-order valence-corrected chi connectivity index (χ4v) is 4.99. The van der Waals surface area contributed by atoms with Crippen LogP contribution in [0, 0.1) is 0 Å². The Labute approximate surface area is 190 Å². The molecule has 4 rings (SSSR count). The Morgan fingerprint density at radius 2 is 1.78 bits per heavy atom. The summed E-state index contributed by atoms with van der Waals surface area (Å²) >= 11 is 0. The van der Waals surface area contributed by atoms with E-state index in [9.17, 15) is 8.42 Å². The minimum absolute atomic E-state index is 0.265. The Bertz CT molecular complexity index is 1170. The van der Waals surface area contributed by atoms with Crippen molar-refractivity contribution in [1.29, 1.82) is 0 Å². The normalized spacial score (nSPS) is 16.6. The maximum atomic E-state index is 11.5. The topological polar surface area (TPSA) is 63.0 Å². The minimum atomic E-state index is -2.82. The molecule has 1 aliphatic heterocycles. The number of ether oxygens (including phenoxy) is 1. The van der Waals surface area contributed by atoms with Gasteiger partial charge in [0.1, 0.15) is 17.1 Å². The highest BCUT2D eigenvalue weighted by Gasteiger charge is 2.20. The molecule has 0 saturated carbocycles. The number of sulfone groups is 1. The van der Waals surface area contributed by atoms with E-state index in [1.807, 2.05) is 50.5 Å². The maximum absolute atomic E-state index is 11.5. The molecule has 0 atom stereocenters. The van der Waals surface area contributed by atoms with E-state index >= 15 is 0 Å². The van der Waals surface area contributed by atoms with Gasteiger partial charge in [0.2, 0.25) is 0 Å². The third-order valence-electron chi connectivity index (χ3n) is 5.68. The summed E-state index contributed by atoms with van der Waals surface area (Å²) in [5, 5.41) is 1.04. The van der Waals surface area contributed by atoms with Crippen LogP contribution in [0.2, 0.25) is 0 Å². The number of nitrogens with zero attached hydrogens (tertiary/aromatic N) is 2. The van der Waals surface area contributed by atoms with Crippen molar-refractivity contribution in [2.75, 3.05) is 56.7 Å². The predicted molar refractivity (Wildman–Crippen MR) is 131 cm³/mol. The third kappa shape index (κ3) is 5.93. The quantitative estimate of drug-likeness (QED) is 0.476. The molecule has 0 unspecified atom stereocenters. The van der Waals surface area contributed by atoms with Crippen LogP contribution in [0.3, 0.4) is 0 Å². The van der Waals surface area contributed by atoms with E-state index < -0.39 is 9.84 Å². The number of anilines is 1. The van der Waals surface area contributed by atoms with Crippen LogP contribution in [0.5, 0.6) is 5.75 Å². The van der Waals surface area contributed by atoms with Crippen molar-refractivity contribution < 1.29 is 17.6 Å². The van der Waals surface area contributed by atoms with Gasteiger partial charge in [-0.15, -0.1) is 0 Å². The molecule has 0 amide bonds. The van der Waals surface area contributed by atoms with E-state index in [2.05, 4.69) is 34.1 Å². The summed E-state index contributed by atoms with van der Waals surface area (Å²) in [7, 11) is 1.23. The lowest BCUT2D eigenvalue weighted by Crippen LogP contribution is -2.40.